The molecule has 2 aromatic heterocycles. The second kappa shape index (κ2) is 7.22. The van der Waals surface area contributed by atoms with E-state index in [1.54, 1.807) is 13.2 Å². The van der Waals surface area contributed by atoms with Gasteiger partial charge in [0.05, 0.1) is 12.2 Å². The molecule has 148 valence electrons. The minimum atomic E-state index is -4.48. The number of likely N-dealkylation sites (N-methyl/N-ethyl adjacent to an activating group) is 1. The average molecular weight is 385 g/mol. The number of aryl methyl sites for hydroxylation is 1. The van der Waals surface area contributed by atoms with Crippen LogP contribution in [0.5, 0.6) is 0 Å². The summed E-state index contributed by atoms with van der Waals surface area (Å²) in [4.78, 5) is 14.1. The third-order valence-electron chi connectivity index (χ3n) is 4.39. The van der Waals surface area contributed by atoms with Gasteiger partial charge in [-0.1, -0.05) is 0 Å². The summed E-state index contributed by atoms with van der Waals surface area (Å²) in [6, 6.07) is -1.03. The summed E-state index contributed by atoms with van der Waals surface area (Å²) in [5, 5.41) is 13.6. The first-order chi connectivity index (χ1) is 12.6. The summed E-state index contributed by atoms with van der Waals surface area (Å²) in [5.41, 5.74) is 0.605. The van der Waals surface area contributed by atoms with E-state index >= 15 is 0 Å². The van der Waals surface area contributed by atoms with E-state index in [4.69, 9.17) is 0 Å². The molecule has 0 saturated carbocycles. The number of hydrogen-bond donors (Lipinski definition) is 2. The summed E-state index contributed by atoms with van der Waals surface area (Å²) in [6.45, 7) is 0.994. The van der Waals surface area contributed by atoms with Gasteiger partial charge in [-0.3, -0.25) is 9.48 Å². The Morgan fingerprint density at radius 3 is 2.78 bits per heavy atom. The van der Waals surface area contributed by atoms with Crippen molar-refractivity contribution in [3.8, 4) is 0 Å². The van der Waals surface area contributed by atoms with Crippen LogP contribution < -0.4 is 10.6 Å². The number of aromatic nitrogens is 4. The van der Waals surface area contributed by atoms with Crippen LogP contribution in [-0.4, -0.2) is 63.7 Å². The Morgan fingerprint density at radius 1 is 1.44 bits per heavy atom. The van der Waals surface area contributed by atoms with E-state index in [0.717, 1.165) is 4.68 Å². The molecule has 0 radical (unpaired) electrons. The van der Waals surface area contributed by atoms with E-state index in [9.17, 15) is 18.0 Å². The van der Waals surface area contributed by atoms with Crippen molar-refractivity contribution in [2.45, 2.75) is 24.7 Å². The van der Waals surface area contributed by atoms with Crippen molar-refractivity contribution in [2.24, 2.45) is 7.05 Å². The van der Waals surface area contributed by atoms with E-state index in [1.807, 2.05) is 19.0 Å². The number of nitrogens with zero attached hydrogens (tertiary/aromatic N) is 5. The van der Waals surface area contributed by atoms with Crippen LogP contribution in [0, 0.1) is 0 Å². The van der Waals surface area contributed by atoms with Gasteiger partial charge in [0, 0.05) is 44.4 Å². The fourth-order valence-electron chi connectivity index (χ4n) is 3.01. The van der Waals surface area contributed by atoms with Crippen LogP contribution in [0.1, 0.15) is 34.6 Å². The van der Waals surface area contributed by atoms with Gasteiger partial charge in [-0.2, -0.15) is 23.4 Å². The standard InChI is InChI=1S/C16H22F3N7O/c1-24(2)5-4-20-15(27)12-7-14-22-11(10-8-21-25(3)9-10)6-13(16(17,18)19)26(14)23-12/h7-9,11,13,22H,4-6H2,1-3H3,(H,20,27)/t11-,13+/m0/s1. The molecular weight excluding hydrogens is 363 g/mol. The lowest BCUT2D eigenvalue weighted by atomic mass is 9.99. The monoisotopic (exact) mass is 385 g/mol. The minimum Gasteiger partial charge on any atom is -0.363 e. The summed E-state index contributed by atoms with van der Waals surface area (Å²) in [7, 11) is 5.42. The van der Waals surface area contributed by atoms with Gasteiger partial charge < -0.3 is 15.5 Å². The van der Waals surface area contributed by atoms with Gasteiger partial charge >= 0.3 is 6.18 Å². The first-order valence-corrected chi connectivity index (χ1v) is 8.49. The number of halogens is 3. The molecular formula is C16H22F3N7O. The van der Waals surface area contributed by atoms with Crippen molar-refractivity contribution >= 4 is 11.7 Å². The lowest BCUT2D eigenvalue weighted by Gasteiger charge is -2.32. The Kier molecular flexibility index (Phi) is 5.13. The highest BCUT2D eigenvalue weighted by molar-refractivity contribution is 5.93. The summed E-state index contributed by atoms with van der Waals surface area (Å²) >= 11 is 0. The van der Waals surface area contributed by atoms with Gasteiger partial charge in [-0.05, 0) is 14.1 Å². The second-order valence-corrected chi connectivity index (χ2v) is 6.86. The lowest BCUT2D eigenvalue weighted by molar-refractivity contribution is -0.173. The predicted molar refractivity (Wildman–Crippen MR) is 92.4 cm³/mol. The van der Waals surface area contributed by atoms with Crippen LogP contribution in [0.4, 0.5) is 19.0 Å². The number of rotatable bonds is 5. The molecule has 1 aliphatic rings. The van der Waals surface area contributed by atoms with E-state index < -0.39 is 24.2 Å². The maximum atomic E-state index is 13.6. The van der Waals surface area contributed by atoms with Crippen LogP contribution in [-0.2, 0) is 7.05 Å². The molecule has 3 rings (SSSR count). The molecule has 2 atom stereocenters. The lowest BCUT2D eigenvalue weighted by Crippen LogP contribution is -2.36. The van der Waals surface area contributed by atoms with E-state index in [-0.39, 0.29) is 17.9 Å². The third kappa shape index (κ3) is 4.24. The van der Waals surface area contributed by atoms with Crippen molar-refractivity contribution in [2.75, 3.05) is 32.5 Å². The van der Waals surface area contributed by atoms with Gasteiger partial charge in [-0.15, -0.1) is 0 Å². The molecule has 1 amide bonds. The summed E-state index contributed by atoms with van der Waals surface area (Å²) in [6.07, 6.45) is -1.51. The number of anilines is 1. The molecule has 0 spiro atoms. The van der Waals surface area contributed by atoms with Crippen LogP contribution in [0.3, 0.4) is 0 Å². The zero-order chi connectivity index (χ0) is 19.8. The highest BCUT2D eigenvalue weighted by Crippen LogP contribution is 2.43. The van der Waals surface area contributed by atoms with Crippen LogP contribution in [0.15, 0.2) is 18.5 Å². The van der Waals surface area contributed by atoms with Gasteiger partial charge in [0.2, 0.25) is 0 Å². The Balaban J connectivity index is 1.84. The minimum absolute atomic E-state index is 0.0441. The van der Waals surface area contributed by atoms with E-state index in [2.05, 4.69) is 20.8 Å². The average Bonchev–Trinajstić information content (AvgIpc) is 3.18. The first kappa shape index (κ1) is 19.2. The predicted octanol–water partition coefficient (Wildman–Crippen LogP) is 1.57. The molecule has 0 aliphatic carbocycles. The Morgan fingerprint density at radius 2 is 2.19 bits per heavy atom. The Hall–Kier alpha value is -2.56. The molecule has 11 heteroatoms. The van der Waals surface area contributed by atoms with E-state index in [1.165, 1.54) is 16.9 Å². The molecule has 1 aliphatic heterocycles. The quantitative estimate of drug-likeness (QED) is 0.817. The smallest absolute Gasteiger partial charge is 0.363 e. The number of fused-ring (bicyclic) bond motifs is 1. The molecule has 2 N–H and O–H groups in total. The van der Waals surface area contributed by atoms with Crippen molar-refractivity contribution in [3.05, 3.63) is 29.7 Å². The van der Waals surface area contributed by atoms with Gasteiger partial charge in [0.15, 0.2) is 11.7 Å². The fraction of sp³-hybridized carbons (Fsp3) is 0.562. The number of alkyl halides is 3. The summed E-state index contributed by atoms with van der Waals surface area (Å²) < 4.78 is 43.2. The van der Waals surface area contributed by atoms with Crippen molar-refractivity contribution in [3.63, 3.8) is 0 Å². The molecule has 3 heterocycles. The van der Waals surface area contributed by atoms with Gasteiger partial charge in [-0.25, -0.2) is 4.68 Å². The number of carbonyl (C=O) groups is 1. The maximum Gasteiger partial charge on any atom is 0.410 e. The second-order valence-electron chi connectivity index (χ2n) is 6.86. The fourth-order valence-corrected chi connectivity index (χ4v) is 3.01. The number of amides is 1. The number of nitrogens with one attached hydrogen (secondary N) is 2. The zero-order valence-electron chi connectivity index (χ0n) is 15.3. The van der Waals surface area contributed by atoms with Crippen LogP contribution in [0.25, 0.3) is 0 Å². The Bertz CT molecular complexity index is 811. The normalized spacial score (nSPS) is 19.7. The topological polar surface area (TPSA) is 80.0 Å². The molecule has 0 saturated heterocycles. The Labute approximate surface area is 154 Å². The molecule has 27 heavy (non-hydrogen) atoms. The number of carbonyl (C=O) groups excluding carboxylic acids is 1. The highest BCUT2D eigenvalue weighted by Gasteiger charge is 2.47. The van der Waals surface area contributed by atoms with Crippen molar-refractivity contribution < 1.29 is 18.0 Å². The summed E-state index contributed by atoms with van der Waals surface area (Å²) in [5.74, 6) is -0.338. The van der Waals surface area contributed by atoms with E-state index in [0.29, 0.717) is 18.7 Å². The van der Waals surface area contributed by atoms with Crippen molar-refractivity contribution in [1.82, 2.24) is 29.8 Å². The number of hydrogen-bond acceptors (Lipinski definition) is 5. The highest BCUT2D eigenvalue weighted by atomic mass is 19.4. The molecule has 8 nitrogen and oxygen atoms in total. The molecule has 2 aromatic rings. The van der Waals surface area contributed by atoms with Gasteiger partial charge in [0.25, 0.3) is 5.91 Å². The molecule has 0 aromatic carbocycles. The zero-order valence-corrected chi connectivity index (χ0v) is 15.3. The SMILES string of the molecule is CN(C)CCNC(=O)c1cc2n(n1)[C@@H](C(F)(F)F)C[C@@H](c1cnn(C)c1)N2. The third-order valence-corrected chi connectivity index (χ3v) is 4.39. The van der Waals surface area contributed by atoms with Crippen LogP contribution >= 0.6 is 0 Å². The first-order valence-electron chi connectivity index (χ1n) is 8.49. The maximum absolute atomic E-state index is 13.6. The molecule has 0 fully saturated rings. The van der Waals surface area contributed by atoms with Crippen LogP contribution in [0.2, 0.25) is 0 Å². The van der Waals surface area contributed by atoms with Crippen molar-refractivity contribution in [1.29, 1.82) is 0 Å². The molecule has 0 unspecified atom stereocenters. The largest absolute Gasteiger partial charge is 0.410 e. The van der Waals surface area contributed by atoms with Gasteiger partial charge in [0.1, 0.15) is 5.82 Å². The molecule has 0 bridgehead atoms.